The van der Waals surface area contributed by atoms with Gasteiger partial charge in [-0.25, -0.2) is 0 Å². The Labute approximate surface area is 97.0 Å². The van der Waals surface area contributed by atoms with Crippen molar-refractivity contribution < 1.29 is 14.6 Å². The van der Waals surface area contributed by atoms with Crippen LogP contribution in [0.2, 0.25) is 0 Å². The summed E-state index contributed by atoms with van der Waals surface area (Å²) in [6, 6.07) is 3.76. The van der Waals surface area contributed by atoms with Gasteiger partial charge in [0.1, 0.15) is 0 Å². The van der Waals surface area contributed by atoms with Crippen LogP contribution < -0.4 is 9.47 Å². The molecule has 0 saturated heterocycles. The predicted octanol–water partition coefficient (Wildman–Crippen LogP) is 3.14. The molecule has 0 aromatic heterocycles. The molecule has 90 valence electrons. The quantitative estimate of drug-likeness (QED) is 0.806. The molecule has 1 rings (SSSR count). The highest BCUT2D eigenvalue weighted by Crippen LogP contribution is 2.37. The second kappa shape index (κ2) is 6.26. The molecule has 0 unspecified atom stereocenters. The molecule has 0 amide bonds. The van der Waals surface area contributed by atoms with Crippen molar-refractivity contribution in [1.29, 1.82) is 0 Å². The van der Waals surface area contributed by atoms with Crippen LogP contribution >= 0.6 is 0 Å². The molecular formula is C13H20O3. The molecule has 0 radical (unpaired) electrons. The Morgan fingerprint density at radius 1 is 1.00 bits per heavy atom. The van der Waals surface area contributed by atoms with E-state index in [9.17, 15) is 5.11 Å². The molecule has 1 aromatic carbocycles. The van der Waals surface area contributed by atoms with Gasteiger partial charge in [-0.3, -0.25) is 0 Å². The van der Waals surface area contributed by atoms with Crippen LogP contribution in [0.25, 0.3) is 0 Å². The second-order valence-corrected chi connectivity index (χ2v) is 3.56. The minimum atomic E-state index is 0.101. The molecule has 0 atom stereocenters. The van der Waals surface area contributed by atoms with E-state index in [2.05, 4.69) is 6.92 Å². The van der Waals surface area contributed by atoms with Crippen LogP contribution in [0.1, 0.15) is 32.8 Å². The van der Waals surface area contributed by atoms with Crippen molar-refractivity contribution in [2.24, 2.45) is 0 Å². The minimum absolute atomic E-state index is 0.101. The van der Waals surface area contributed by atoms with Crippen LogP contribution in [0, 0.1) is 0 Å². The minimum Gasteiger partial charge on any atom is -0.502 e. The molecular weight excluding hydrogens is 204 g/mol. The lowest BCUT2D eigenvalue weighted by molar-refractivity contribution is 0.289. The van der Waals surface area contributed by atoms with Crippen LogP contribution in [0.3, 0.4) is 0 Å². The summed E-state index contributed by atoms with van der Waals surface area (Å²) >= 11 is 0. The van der Waals surface area contributed by atoms with E-state index in [1.165, 1.54) is 0 Å². The fourth-order valence-electron chi connectivity index (χ4n) is 1.60. The lowest BCUT2D eigenvalue weighted by Gasteiger charge is -2.13. The summed E-state index contributed by atoms with van der Waals surface area (Å²) in [4.78, 5) is 0. The van der Waals surface area contributed by atoms with Gasteiger partial charge in [0.25, 0.3) is 0 Å². The number of hydrogen-bond acceptors (Lipinski definition) is 3. The number of aryl methyl sites for hydroxylation is 1. The van der Waals surface area contributed by atoms with Crippen molar-refractivity contribution in [3.8, 4) is 17.2 Å². The highest BCUT2D eigenvalue weighted by molar-refractivity contribution is 5.52. The molecule has 0 aliphatic rings. The Kier molecular flexibility index (Phi) is 4.96. The number of rotatable bonds is 6. The summed E-state index contributed by atoms with van der Waals surface area (Å²) in [6.45, 7) is 6.98. The van der Waals surface area contributed by atoms with Gasteiger partial charge in [0.05, 0.1) is 13.2 Å². The standard InChI is InChI=1S/C13H20O3/c1-4-7-10-8-11(15-5-2)13(14)12(9-10)16-6-3/h8-9,14H,4-7H2,1-3H3. The van der Waals surface area contributed by atoms with Gasteiger partial charge in [0.2, 0.25) is 5.75 Å². The zero-order chi connectivity index (χ0) is 12.0. The molecule has 1 N–H and O–H groups in total. The molecule has 0 spiro atoms. The number of phenols is 1. The van der Waals surface area contributed by atoms with Gasteiger partial charge in [-0.2, -0.15) is 0 Å². The average molecular weight is 224 g/mol. The zero-order valence-electron chi connectivity index (χ0n) is 10.2. The third kappa shape index (κ3) is 3.05. The van der Waals surface area contributed by atoms with Gasteiger partial charge in [0, 0.05) is 0 Å². The first kappa shape index (κ1) is 12.7. The monoisotopic (exact) mass is 224 g/mol. The lowest BCUT2D eigenvalue weighted by Crippen LogP contribution is -1.98. The van der Waals surface area contributed by atoms with E-state index in [1.54, 1.807) is 0 Å². The average Bonchev–Trinajstić information content (AvgIpc) is 2.26. The van der Waals surface area contributed by atoms with Crippen LogP contribution in [-0.4, -0.2) is 18.3 Å². The largest absolute Gasteiger partial charge is 0.502 e. The number of aromatic hydroxyl groups is 1. The smallest absolute Gasteiger partial charge is 0.200 e. The highest BCUT2D eigenvalue weighted by Gasteiger charge is 2.11. The SMILES string of the molecule is CCCc1cc(OCC)c(O)c(OCC)c1. The number of hydrogen-bond donors (Lipinski definition) is 1. The maximum absolute atomic E-state index is 9.89. The predicted molar refractivity (Wildman–Crippen MR) is 64.4 cm³/mol. The summed E-state index contributed by atoms with van der Waals surface area (Å²) in [6.07, 6.45) is 2.02. The summed E-state index contributed by atoms with van der Waals surface area (Å²) in [7, 11) is 0. The van der Waals surface area contributed by atoms with Gasteiger partial charge in [-0.05, 0) is 38.0 Å². The maximum atomic E-state index is 9.89. The van der Waals surface area contributed by atoms with Gasteiger partial charge in [0.15, 0.2) is 11.5 Å². The van der Waals surface area contributed by atoms with Crippen LogP contribution in [0.5, 0.6) is 17.2 Å². The Morgan fingerprint density at radius 3 is 1.88 bits per heavy atom. The molecule has 0 heterocycles. The third-order valence-electron chi connectivity index (χ3n) is 2.24. The van der Waals surface area contributed by atoms with Crippen molar-refractivity contribution in [3.05, 3.63) is 17.7 Å². The topological polar surface area (TPSA) is 38.7 Å². The van der Waals surface area contributed by atoms with Crippen molar-refractivity contribution in [3.63, 3.8) is 0 Å². The van der Waals surface area contributed by atoms with E-state index in [-0.39, 0.29) is 5.75 Å². The van der Waals surface area contributed by atoms with E-state index in [4.69, 9.17) is 9.47 Å². The first-order valence-electron chi connectivity index (χ1n) is 5.84. The fourth-order valence-corrected chi connectivity index (χ4v) is 1.60. The van der Waals surface area contributed by atoms with E-state index >= 15 is 0 Å². The summed E-state index contributed by atoms with van der Waals surface area (Å²) in [5.41, 5.74) is 1.13. The lowest BCUT2D eigenvalue weighted by atomic mass is 10.1. The Morgan fingerprint density at radius 2 is 1.50 bits per heavy atom. The van der Waals surface area contributed by atoms with Crippen molar-refractivity contribution in [2.45, 2.75) is 33.6 Å². The van der Waals surface area contributed by atoms with Crippen molar-refractivity contribution in [1.82, 2.24) is 0 Å². The molecule has 3 heteroatoms. The summed E-state index contributed by atoms with van der Waals surface area (Å²) < 4.78 is 10.8. The fraction of sp³-hybridized carbons (Fsp3) is 0.538. The first-order valence-corrected chi connectivity index (χ1v) is 5.84. The van der Waals surface area contributed by atoms with Crippen LogP contribution in [0.4, 0.5) is 0 Å². The maximum Gasteiger partial charge on any atom is 0.200 e. The Bertz CT molecular complexity index is 307. The molecule has 1 aromatic rings. The zero-order valence-corrected chi connectivity index (χ0v) is 10.2. The van der Waals surface area contributed by atoms with Crippen molar-refractivity contribution >= 4 is 0 Å². The van der Waals surface area contributed by atoms with Gasteiger partial charge in [-0.1, -0.05) is 13.3 Å². The van der Waals surface area contributed by atoms with E-state index in [0.717, 1.165) is 18.4 Å². The van der Waals surface area contributed by atoms with Crippen LogP contribution in [-0.2, 0) is 6.42 Å². The van der Waals surface area contributed by atoms with E-state index < -0.39 is 0 Å². The summed E-state index contributed by atoms with van der Waals surface area (Å²) in [5, 5.41) is 9.89. The molecule has 3 nitrogen and oxygen atoms in total. The molecule has 0 saturated carbocycles. The van der Waals surface area contributed by atoms with Crippen molar-refractivity contribution in [2.75, 3.05) is 13.2 Å². The number of ether oxygens (including phenoxy) is 2. The van der Waals surface area contributed by atoms with E-state index in [0.29, 0.717) is 24.7 Å². The van der Waals surface area contributed by atoms with Crippen LogP contribution in [0.15, 0.2) is 12.1 Å². The van der Waals surface area contributed by atoms with Gasteiger partial charge < -0.3 is 14.6 Å². The van der Waals surface area contributed by atoms with Gasteiger partial charge >= 0.3 is 0 Å². The first-order chi connectivity index (χ1) is 7.72. The Hall–Kier alpha value is -1.38. The highest BCUT2D eigenvalue weighted by atomic mass is 16.5. The van der Waals surface area contributed by atoms with Gasteiger partial charge in [-0.15, -0.1) is 0 Å². The molecule has 0 fully saturated rings. The number of benzene rings is 1. The molecule has 0 bridgehead atoms. The summed E-state index contributed by atoms with van der Waals surface area (Å²) in [5.74, 6) is 1.12. The normalized spacial score (nSPS) is 10.2. The molecule has 0 aliphatic heterocycles. The van der Waals surface area contributed by atoms with E-state index in [1.807, 2.05) is 26.0 Å². The molecule has 0 aliphatic carbocycles. The second-order valence-electron chi connectivity index (χ2n) is 3.56. The number of phenolic OH excluding ortho intramolecular Hbond substituents is 1. The molecule has 16 heavy (non-hydrogen) atoms. The third-order valence-corrected chi connectivity index (χ3v) is 2.24. The Balaban J connectivity index is 3.05.